The topological polar surface area (TPSA) is 66.8 Å². The zero-order valence-electron chi connectivity index (χ0n) is 15.4. The molecular formula is C21H32O4. The van der Waals surface area contributed by atoms with Gasteiger partial charge in [0.05, 0.1) is 13.2 Å². The highest BCUT2D eigenvalue weighted by Gasteiger charge is 2.68. The van der Waals surface area contributed by atoms with Crippen molar-refractivity contribution in [2.24, 2.45) is 40.4 Å². The summed E-state index contributed by atoms with van der Waals surface area (Å²) in [6.07, 6.45) is 9.62. The predicted octanol–water partition coefficient (Wildman–Crippen LogP) is 2.91. The summed E-state index contributed by atoms with van der Waals surface area (Å²) in [5.41, 5.74) is 0.426. The fourth-order valence-corrected chi connectivity index (χ4v) is 8.33. The van der Waals surface area contributed by atoms with Crippen LogP contribution < -0.4 is 0 Å². The maximum atomic E-state index is 12.0. The van der Waals surface area contributed by atoms with Crippen LogP contribution in [-0.4, -0.2) is 35.0 Å². The van der Waals surface area contributed by atoms with Crippen LogP contribution in [0.2, 0.25) is 0 Å². The molecule has 0 aromatic carbocycles. The largest absolute Gasteiger partial charge is 0.391 e. The van der Waals surface area contributed by atoms with E-state index in [0.29, 0.717) is 29.6 Å². The molecule has 1 spiro atoms. The summed E-state index contributed by atoms with van der Waals surface area (Å²) in [6, 6.07) is 0. The maximum Gasteiger partial charge on any atom is 0.192 e. The second kappa shape index (κ2) is 5.30. The van der Waals surface area contributed by atoms with E-state index in [4.69, 9.17) is 4.74 Å². The molecule has 0 radical (unpaired) electrons. The lowest BCUT2D eigenvalue weighted by Crippen LogP contribution is -2.54. The van der Waals surface area contributed by atoms with Gasteiger partial charge in [-0.2, -0.15) is 0 Å². The molecule has 0 aromatic heterocycles. The van der Waals surface area contributed by atoms with E-state index < -0.39 is 5.79 Å². The Morgan fingerprint density at radius 2 is 1.96 bits per heavy atom. The second-order valence-electron chi connectivity index (χ2n) is 10.1. The van der Waals surface area contributed by atoms with Gasteiger partial charge in [-0.1, -0.05) is 6.92 Å². The number of hydrogen-bond donors (Lipinski definition) is 2. The van der Waals surface area contributed by atoms with Crippen LogP contribution in [0.5, 0.6) is 0 Å². The van der Waals surface area contributed by atoms with Crippen molar-refractivity contribution in [1.29, 1.82) is 0 Å². The number of ketones is 1. The summed E-state index contributed by atoms with van der Waals surface area (Å²) in [5.74, 6) is 1.96. The Balaban J connectivity index is 1.45. The van der Waals surface area contributed by atoms with Crippen LogP contribution in [0.3, 0.4) is 0 Å². The Hall–Kier alpha value is -0.450. The molecule has 5 aliphatic rings. The third-order valence-corrected chi connectivity index (χ3v) is 9.56. The van der Waals surface area contributed by atoms with Crippen molar-refractivity contribution in [2.75, 3.05) is 13.2 Å². The number of carbonyl (C=O) groups is 1. The van der Waals surface area contributed by atoms with Crippen LogP contribution in [0, 0.1) is 40.4 Å². The highest BCUT2D eigenvalue weighted by molar-refractivity contribution is 5.79. The Kier molecular flexibility index (Phi) is 3.54. The highest BCUT2D eigenvalue weighted by atomic mass is 16.6. The molecule has 1 heterocycles. The first-order chi connectivity index (χ1) is 11.9. The zero-order chi connectivity index (χ0) is 17.4. The van der Waals surface area contributed by atoms with E-state index in [-0.39, 0.29) is 17.9 Å². The van der Waals surface area contributed by atoms with Crippen molar-refractivity contribution in [1.82, 2.24) is 0 Å². The third-order valence-electron chi connectivity index (χ3n) is 9.56. The lowest BCUT2D eigenvalue weighted by molar-refractivity contribution is -0.217. The van der Waals surface area contributed by atoms with E-state index in [1.807, 2.05) is 0 Å². The Labute approximate surface area is 150 Å². The van der Waals surface area contributed by atoms with Gasteiger partial charge in [-0.3, -0.25) is 4.79 Å². The Morgan fingerprint density at radius 1 is 1.12 bits per heavy atom. The lowest BCUT2D eigenvalue weighted by atomic mass is 9.44. The van der Waals surface area contributed by atoms with Crippen LogP contribution in [0.1, 0.15) is 64.7 Å². The molecule has 4 nitrogen and oxygen atoms in total. The number of carbonyl (C=O) groups excluding carboxylic acids is 1. The average molecular weight is 348 g/mol. The normalized spacial score (nSPS) is 57.6. The van der Waals surface area contributed by atoms with Gasteiger partial charge in [-0.15, -0.1) is 0 Å². The fourth-order valence-electron chi connectivity index (χ4n) is 8.33. The molecule has 140 valence electrons. The fraction of sp³-hybridized carbons (Fsp3) is 0.952. The van der Waals surface area contributed by atoms with Gasteiger partial charge in [0.25, 0.3) is 0 Å². The molecule has 0 amide bonds. The summed E-state index contributed by atoms with van der Waals surface area (Å²) >= 11 is 0. The summed E-state index contributed by atoms with van der Waals surface area (Å²) in [7, 11) is 0. The standard InChI is InChI=1S/C21H32O4/c1-19-8-6-14(23)10-13(19)2-3-15-16(19)7-9-20-12-25-21(24,11-22)18(20)5-4-17(15)20/h13,15-18,22,24H,2-12H2,1H3/t13-,15+,16-,17-,18-,19-,20+,21?/m0/s1. The molecule has 4 saturated carbocycles. The van der Waals surface area contributed by atoms with Crippen molar-refractivity contribution >= 4 is 5.78 Å². The molecule has 0 aromatic rings. The van der Waals surface area contributed by atoms with E-state index in [2.05, 4.69) is 6.92 Å². The van der Waals surface area contributed by atoms with Crippen molar-refractivity contribution in [3.05, 3.63) is 0 Å². The molecule has 8 atom stereocenters. The molecule has 1 unspecified atom stereocenters. The van der Waals surface area contributed by atoms with Gasteiger partial charge in [0.2, 0.25) is 0 Å². The summed E-state index contributed by atoms with van der Waals surface area (Å²) in [5, 5.41) is 20.5. The minimum absolute atomic E-state index is 0.0896. The first-order valence-corrected chi connectivity index (χ1v) is 10.4. The molecule has 5 rings (SSSR count). The Bertz CT molecular complexity index is 590. The molecule has 1 saturated heterocycles. The van der Waals surface area contributed by atoms with Crippen LogP contribution in [0.25, 0.3) is 0 Å². The van der Waals surface area contributed by atoms with E-state index in [9.17, 15) is 15.0 Å². The monoisotopic (exact) mass is 348 g/mol. The number of fused-ring (bicyclic) bond motifs is 4. The number of ether oxygens (including phenoxy) is 1. The van der Waals surface area contributed by atoms with Crippen molar-refractivity contribution in [3.8, 4) is 0 Å². The molecular weight excluding hydrogens is 316 g/mol. The SMILES string of the molecule is C[C@]12CCC(=O)C[C@@H]1CC[C@@H]1[C@@H]2CC[C@]23COC(O)(CO)[C@H]2CC[C@@H]13. The van der Waals surface area contributed by atoms with Crippen LogP contribution in [0.4, 0.5) is 0 Å². The molecule has 2 N–H and O–H groups in total. The number of aliphatic hydroxyl groups excluding tert-OH is 1. The number of rotatable bonds is 1. The van der Waals surface area contributed by atoms with Gasteiger partial charge in [0.15, 0.2) is 5.79 Å². The van der Waals surface area contributed by atoms with E-state index in [1.165, 1.54) is 25.7 Å². The number of aliphatic hydroxyl groups is 2. The summed E-state index contributed by atoms with van der Waals surface area (Å²) in [6.45, 7) is 2.82. The van der Waals surface area contributed by atoms with Gasteiger partial charge in [-0.25, -0.2) is 0 Å². The maximum absolute atomic E-state index is 12.0. The molecule has 0 bridgehead atoms. The average Bonchev–Trinajstić information content (AvgIpc) is 3.12. The quantitative estimate of drug-likeness (QED) is 0.765. The van der Waals surface area contributed by atoms with Crippen molar-refractivity contribution in [3.63, 3.8) is 0 Å². The first kappa shape index (κ1) is 16.7. The van der Waals surface area contributed by atoms with Crippen LogP contribution >= 0.6 is 0 Å². The van der Waals surface area contributed by atoms with E-state index in [0.717, 1.165) is 43.9 Å². The van der Waals surface area contributed by atoms with Gasteiger partial charge < -0.3 is 14.9 Å². The molecule has 25 heavy (non-hydrogen) atoms. The molecule has 5 fully saturated rings. The first-order valence-electron chi connectivity index (χ1n) is 10.4. The minimum atomic E-state index is -1.31. The highest BCUT2D eigenvalue weighted by Crippen LogP contribution is 2.70. The second-order valence-corrected chi connectivity index (χ2v) is 10.1. The Morgan fingerprint density at radius 3 is 2.76 bits per heavy atom. The predicted molar refractivity (Wildman–Crippen MR) is 92.5 cm³/mol. The van der Waals surface area contributed by atoms with Gasteiger partial charge in [-0.05, 0) is 74.0 Å². The number of hydrogen-bond acceptors (Lipinski definition) is 4. The van der Waals surface area contributed by atoms with Gasteiger partial charge in [0.1, 0.15) is 5.78 Å². The summed E-state index contributed by atoms with van der Waals surface area (Å²) < 4.78 is 5.80. The molecule has 4 heteroatoms. The van der Waals surface area contributed by atoms with Crippen molar-refractivity contribution in [2.45, 2.75) is 70.5 Å². The van der Waals surface area contributed by atoms with Crippen molar-refractivity contribution < 1.29 is 19.7 Å². The van der Waals surface area contributed by atoms with Gasteiger partial charge >= 0.3 is 0 Å². The molecule has 4 aliphatic carbocycles. The zero-order valence-corrected chi connectivity index (χ0v) is 15.4. The smallest absolute Gasteiger partial charge is 0.192 e. The van der Waals surface area contributed by atoms with Gasteiger partial charge in [0, 0.05) is 24.2 Å². The van der Waals surface area contributed by atoms with Crippen LogP contribution in [0.15, 0.2) is 0 Å². The van der Waals surface area contributed by atoms with Crippen LogP contribution in [-0.2, 0) is 9.53 Å². The van der Waals surface area contributed by atoms with E-state index >= 15 is 0 Å². The third kappa shape index (κ3) is 2.02. The van der Waals surface area contributed by atoms with E-state index in [1.54, 1.807) is 0 Å². The number of Topliss-reactive ketones (excluding diaryl/α,β-unsaturated/α-hetero) is 1. The minimum Gasteiger partial charge on any atom is -0.391 e. The summed E-state index contributed by atoms with van der Waals surface area (Å²) in [4.78, 5) is 12.0. The lowest BCUT2D eigenvalue weighted by Gasteiger charge is -2.60. The molecule has 1 aliphatic heterocycles.